The summed E-state index contributed by atoms with van der Waals surface area (Å²) in [4.78, 5) is 13.2. The first kappa shape index (κ1) is 22.2. The summed E-state index contributed by atoms with van der Waals surface area (Å²) in [6.07, 6.45) is -0.771. The third kappa shape index (κ3) is 2.47. The van der Waals surface area contributed by atoms with E-state index >= 15 is 0 Å². The molecule has 3 fully saturated rings. The summed E-state index contributed by atoms with van der Waals surface area (Å²) >= 11 is 0. The predicted octanol–water partition coefficient (Wildman–Crippen LogP) is 1.91. The Morgan fingerprint density at radius 2 is 1.94 bits per heavy atom. The molecule has 3 N–H and O–H groups in total. The van der Waals surface area contributed by atoms with Crippen LogP contribution < -0.4 is 19.5 Å². The van der Waals surface area contributed by atoms with E-state index in [4.69, 9.17) is 28.4 Å². The van der Waals surface area contributed by atoms with Gasteiger partial charge in [0.2, 0.25) is 12.6 Å². The highest BCUT2D eigenvalue weighted by Gasteiger charge is 2.81. The number of methoxy groups -OCH3 is 2. The van der Waals surface area contributed by atoms with Crippen molar-refractivity contribution in [2.75, 3.05) is 27.6 Å². The van der Waals surface area contributed by atoms with Gasteiger partial charge in [0.05, 0.1) is 24.3 Å². The number of aliphatic hydroxyl groups is 1. The molecular formula is C26H27NO9. The van der Waals surface area contributed by atoms with Gasteiger partial charge in [0.15, 0.2) is 23.0 Å². The number of esters is 1. The molecule has 10 nitrogen and oxygen atoms in total. The molecule has 2 saturated heterocycles. The largest absolute Gasteiger partial charge is 0.504 e. The number of hydrogen-bond donors (Lipinski definition) is 3. The van der Waals surface area contributed by atoms with Gasteiger partial charge in [-0.3, -0.25) is 0 Å². The van der Waals surface area contributed by atoms with E-state index in [1.807, 2.05) is 12.1 Å². The summed E-state index contributed by atoms with van der Waals surface area (Å²) in [5.41, 5.74) is 0.988. The van der Waals surface area contributed by atoms with Crippen molar-refractivity contribution in [2.24, 2.45) is 0 Å². The zero-order valence-corrected chi connectivity index (χ0v) is 19.9. The minimum Gasteiger partial charge on any atom is -0.504 e. The fourth-order valence-corrected chi connectivity index (χ4v) is 7.41. The monoisotopic (exact) mass is 497 g/mol. The number of carbonyl (C=O) groups is 1. The Balaban J connectivity index is 1.33. The van der Waals surface area contributed by atoms with Crippen LogP contribution in [0.5, 0.6) is 23.0 Å². The molecule has 5 aliphatic rings. The predicted molar refractivity (Wildman–Crippen MR) is 122 cm³/mol. The molecule has 6 atom stereocenters. The number of carbonyl (C=O) groups excluding carboxylic acids is 1. The minimum absolute atomic E-state index is 0.0857. The van der Waals surface area contributed by atoms with Gasteiger partial charge in [0.1, 0.15) is 12.2 Å². The van der Waals surface area contributed by atoms with Crippen LogP contribution in [0.3, 0.4) is 0 Å². The molecule has 0 radical (unpaired) electrons. The molecule has 2 aromatic rings. The maximum atomic E-state index is 13.2. The number of phenols is 1. The maximum absolute atomic E-state index is 13.2. The Morgan fingerprint density at radius 1 is 1.14 bits per heavy atom. The molecule has 7 rings (SSSR count). The highest BCUT2D eigenvalue weighted by molar-refractivity contribution is 5.90. The summed E-state index contributed by atoms with van der Waals surface area (Å²) in [6, 6.07) is 8.22. The van der Waals surface area contributed by atoms with Gasteiger partial charge in [-0.05, 0) is 60.8 Å². The Morgan fingerprint density at radius 3 is 2.72 bits per heavy atom. The van der Waals surface area contributed by atoms with E-state index in [0.717, 1.165) is 17.5 Å². The topological polar surface area (TPSA) is 125 Å². The molecule has 190 valence electrons. The Labute approximate surface area is 207 Å². The number of aromatic hydroxyl groups is 1. The normalized spacial score (nSPS) is 36.8. The third-order valence-corrected chi connectivity index (χ3v) is 8.87. The molecule has 2 aliphatic carbocycles. The fourth-order valence-electron chi connectivity index (χ4n) is 7.41. The van der Waals surface area contributed by atoms with E-state index in [1.165, 1.54) is 32.4 Å². The number of phenolic OH excluding ortho intramolecular Hbond substituents is 1. The second-order valence-corrected chi connectivity index (χ2v) is 10.1. The number of rotatable bonds is 4. The van der Waals surface area contributed by atoms with Gasteiger partial charge in [-0.15, -0.1) is 0 Å². The molecule has 2 aromatic carbocycles. The van der Waals surface area contributed by atoms with Gasteiger partial charge >= 0.3 is 5.97 Å². The van der Waals surface area contributed by atoms with Crippen LogP contribution in [0.25, 0.3) is 0 Å². The van der Waals surface area contributed by atoms with E-state index in [0.29, 0.717) is 30.9 Å². The Kier molecular flexibility index (Phi) is 4.47. The van der Waals surface area contributed by atoms with Crippen LogP contribution in [0.1, 0.15) is 46.9 Å². The lowest BCUT2D eigenvalue weighted by molar-refractivity contribution is -0.322. The SMILES string of the molecule is COc1cc(C(=O)OC2C[C@]34CCN[C@@]35CC(O[C@@]5(OC)C2O)c2cc3c(cc24)OCO3)ccc1O. The standard InChI is InChI=1S/C26H27NO9/c1-31-17-7-13(3-4-16(17)28)23(30)35-21-10-24-5-6-27-25(24)11-20(36-26(25,32-2)22(21)29)14-8-18-19(9-15(14)24)34-12-33-18/h3-4,7-9,20-22,27-29H,5-6,10-12H2,1-2H3/t20?,21?,22?,24-,25-,26-/m0/s1. The molecule has 1 spiro atoms. The van der Waals surface area contributed by atoms with Crippen LogP contribution in [0.2, 0.25) is 0 Å². The summed E-state index contributed by atoms with van der Waals surface area (Å²) in [7, 11) is 2.93. The quantitative estimate of drug-likeness (QED) is 0.540. The van der Waals surface area contributed by atoms with E-state index in [2.05, 4.69) is 5.32 Å². The van der Waals surface area contributed by atoms with E-state index in [9.17, 15) is 15.0 Å². The molecule has 2 bridgehead atoms. The number of fused-ring (bicyclic) bond motifs is 4. The van der Waals surface area contributed by atoms with Gasteiger partial charge in [-0.2, -0.15) is 0 Å². The number of hydrogen-bond acceptors (Lipinski definition) is 10. The van der Waals surface area contributed by atoms with Crippen molar-refractivity contribution in [1.82, 2.24) is 5.32 Å². The van der Waals surface area contributed by atoms with Crippen molar-refractivity contribution in [2.45, 2.75) is 54.3 Å². The van der Waals surface area contributed by atoms with Crippen LogP contribution in [0, 0.1) is 0 Å². The summed E-state index contributed by atoms with van der Waals surface area (Å²) in [5.74, 6) is -0.665. The lowest BCUT2D eigenvalue weighted by Gasteiger charge is -2.59. The fraction of sp³-hybridized carbons (Fsp3) is 0.500. The summed E-state index contributed by atoms with van der Waals surface area (Å²) in [6.45, 7) is 0.856. The van der Waals surface area contributed by atoms with Gasteiger partial charge in [-0.25, -0.2) is 4.79 Å². The van der Waals surface area contributed by atoms with Gasteiger partial charge in [0.25, 0.3) is 0 Å². The highest BCUT2D eigenvalue weighted by atomic mass is 16.7. The van der Waals surface area contributed by atoms with Crippen molar-refractivity contribution in [3.8, 4) is 23.0 Å². The van der Waals surface area contributed by atoms with Crippen molar-refractivity contribution in [3.63, 3.8) is 0 Å². The molecule has 1 saturated carbocycles. The molecule has 0 amide bonds. The Bertz CT molecular complexity index is 1280. The number of benzene rings is 2. The minimum atomic E-state index is -1.44. The van der Waals surface area contributed by atoms with Gasteiger partial charge in [-0.1, -0.05) is 0 Å². The van der Waals surface area contributed by atoms with Crippen LogP contribution >= 0.6 is 0 Å². The lowest BCUT2D eigenvalue weighted by Crippen LogP contribution is -2.77. The molecule has 36 heavy (non-hydrogen) atoms. The number of aliphatic hydroxyl groups excluding tert-OH is 1. The first-order valence-corrected chi connectivity index (χ1v) is 12.1. The van der Waals surface area contributed by atoms with Crippen LogP contribution in [-0.2, 0) is 19.6 Å². The molecule has 0 aromatic heterocycles. The number of nitrogens with one attached hydrogen (secondary N) is 1. The van der Waals surface area contributed by atoms with E-state index in [-0.39, 0.29) is 30.0 Å². The third-order valence-electron chi connectivity index (χ3n) is 8.87. The second-order valence-electron chi connectivity index (χ2n) is 10.1. The van der Waals surface area contributed by atoms with E-state index < -0.39 is 34.9 Å². The first-order chi connectivity index (χ1) is 17.4. The molecule has 10 heteroatoms. The van der Waals surface area contributed by atoms with Crippen LogP contribution in [0.15, 0.2) is 30.3 Å². The van der Waals surface area contributed by atoms with Crippen molar-refractivity contribution < 1.29 is 43.4 Å². The lowest BCUT2D eigenvalue weighted by atomic mass is 9.51. The maximum Gasteiger partial charge on any atom is 0.338 e. The van der Waals surface area contributed by atoms with Crippen LogP contribution in [0.4, 0.5) is 0 Å². The van der Waals surface area contributed by atoms with Crippen molar-refractivity contribution in [3.05, 3.63) is 47.0 Å². The Hall–Kier alpha value is -3.05. The average Bonchev–Trinajstić information content (AvgIpc) is 3.59. The van der Waals surface area contributed by atoms with Gasteiger partial charge < -0.3 is 44.0 Å². The number of ether oxygens (including phenoxy) is 6. The van der Waals surface area contributed by atoms with E-state index in [1.54, 1.807) is 0 Å². The smallest absolute Gasteiger partial charge is 0.338 e. The van der Waals surface area contributed by atoms with Crippen molar-refractivity contribution >= 4 is 5.97 Å². The molecule has 3 aliphatic heterocycles. The zero-order chi connectivity index (χ0) is 24.9. The summed E-state index contributed by atoms with van der Waals surface area (Å²) < 4.78 is 35.1. The molecule has 3 unspecified atom stereocenters. The summed E-state index contributed by atoms with van der Waals surface area (Å²) in [5, 5.41) is 25.2. The van der Waals surface area contributed by atoms with Gasteiger partial charge in [0, 0.05) is 18.9 Å². The average molecular weight is 498 g/mol. The molecular weight excluding hydrogens is 470 g/mol. The van der Waals surface area contributed by atoms with Crippen LogP contribution in [-0.4, -0.2) is 67.3 Å². The van der Waals surface area contributed by atoms with Crippen molar-refractivity contribution in [1.29, 1.82) is 0 Å². The zero-order valence-electron chi connectivity index (χ0n) is 19.9. The first-order valence-electron chi connectivity index (χ1n) is 12.1. The second kappa shape index (κ2) is 7.25. The molecule has 3 heterocycles. The highest BCUT2D eigenvalue weighted by Crippen LogP contribution is 2.70.